The Morgan fingerprint density at radius 1 is 0.969 bits per heavy atom. The maximum Gasteiger partial charge on any atom is 0.259 e. The first-order chi connectivity index (χ1) is 15.3. The Hall–Kier alpha value is -4.00. The van der Waals surface area contributed by atoms with E-state index in [4.69, 9.17) is 4.52 Å². The molecule has 0 bridgehead atoms. The monoisotopic (exact) mass is 428 g/mol. The van der Waals surface area contributed by atoms with Crippen molar-refractivity contribution in [3.63, 3.8) is 0 Å². The second-order valence-electron chi connectivity index (χ2n) is 7.87. The number of hydrogen-bond acceptors (Lipinski definition) is 5. The maximum absolute atomic E-state index is 13.0. The molecule has 0 atom stereocenters. The van der Waals surface area contributed by atoms with E-state index in [1.54, 1.807) is 13.0 Å². The molecule has 2 heterocycles. The maximum atomic E-state index is 13.0. The Kier molecular flexibility index (Phi) is 5.73. The summed E-state index contributed by atoms with van der Waals surface area (Å²) in [7, 11) is 0. The Morgan fingerprint density at radius 2 is 1.66 bits per heavy atom. The molecule has 2 aromatic carbocycles. The van der Waals surface area contributed by atoms with E-state index in [0.717, 1.165) is 27.9 Å². The summed E-state index contributed by atoms with van der Waals surface area (Å²) in [6, 6.07) is 15.2. The average molecular weight is 428 g/mol. The van der Waals surface area contributed by atoms with Gasteiger partial charge in [0.25, 0.3) is 11.6 Å². The number of anilines is 1. The van der Waals surface area contributed by atoms with Gasteiger partial charge in [-0.05, 0) is 44.9 Å². The smallest absolute Gasteiger partial charge is 0.259 e. The number of rotatable bonds is 5. The normalized spacial score (nSPS) is 10.9. The standard InChI is InChI=1S/C25H24N4O3/c1-14-10-15(2)23(16(3)11-14)28-21(30)13-26-24(31)19-12-20(18-8-6-5-7-9-18)27-25-22(19)17(4)29-32-25/h5-12H,13H2,1-4H3,(H,26,31)(H,28,30). The Morgan fingerprint density at radius 3 is 2.34 bits per heavy atom. The summed E-state index contributed by atoms with van der Waals surface area (Å²) in [6.07, 6.45) is 0. The van der Waals surface area contributed by atoms with E-state index in [1.165, 1.54) is 0 Å². The molecule has 0 aliphatic heterocycles. The third-order valence-corrected chi connectivity index (χ3v) is 5.28. The van der Waals surface area contributed by atoms with Crippen molar-refractivity contribution in [2.24, 2.45) is 0 Å². The van der Waals surface area contributed by atoms with Gasteiger partial charge in [-0.1, -0.05) is 53.2 Å². The van der Waals surface area contributed by atoms with Crippen LogP contribution in [0, 0.1) is 27.7 Å². The molecule has 0 aliphatic carbocycles. The van der Waals surface area contributed by atoms with E-state index in [1.807, 2.05) is 63.2 Å². The molecule has 32 heavy (non-hydrogen) atoms. The molecule has 4 aromatic rings. The minimum Gasteiger partial charge on any atom is -0.343 e. The zero-order chi connectivity index (χ0) is 22.8. The summed E-state index contributed by atoms with van der Waals surface area (Å²) in [5, 5.41) is 10.1. The molecule has 0 unspecified atom stereocenters. The van der Waals surface area contributed by atoms with E-state index < -0.39 is 5.91 Å². The van der Waals surface area contributed by atoms with Crippen LogP contribution in [-0.4, -0.2) is 28.5 Å². The minimum absolute atomic E-state index is 0.166. The summed E-state index contributed by atoms with van der Waals surface area (Å²) >= 11 is 0. The SMILES string of the molecule is Cc1cc(C)c(NC(=O)CNC(=O)c2cc(-c3ccccc3)nc3onc(C)c23)c(C)c1. The molecule has 7 nitrogen and oxygen atoms in total. The van der Waals surface area contributed by atoms with E-state index in [-0.39, 0.29) is 18.2 Å². The summed E-state index contributed by atoms with van der Waals surface area (Å²) in [5.41, 5.74) is 6.50. The lowest BCUT2D eigenvalue weighted by Gasteiger charge is -2.13. The molecule has 0 spiro atoms. The number of nitrogens with one attached hydrogen (secondary N) is 2. The Balaban J connectivity index is 1.56. The molecule has 0 saturated carbocycles. The zero-order valence-electron chi connectivity index (χ0n) is 18.4. The van der Waals surface area contributed by atoms with Gasteiger partial charge in [-0.25, -0.2) is 4.98 Å². The fraction of sp³-hybridized carbons (Fsp3) is 0.200. The highest BCUT2D eigenvalue weighted by Gasteiger charge is 2.20. The highest BCUT2D eigenvalue weighted by molar-refractivity contribution is 6.08. The molecule has 2 aromatic heterocycles. The number of fused-ring (bicyclic) bond motifs is 1. The van der Waals surface area contributed by atoms with Crippen LogP contribution >= 0.6 is 0 Å². The Labute approximate surface area is 185 Å². The quantitative estimate of drug-likeness (QED) is 0.488. The van der Waals surface area contributed by atoms with E-state index >= 15 is 0 Å². The average Bonchev–Trinajstić information content (AvgIpc) is 3.15. The largest absolute Gasteiger partial charge is 0.343 e. The second kappa shape index (κ2) is 8.63. The predicted octanol–water partition coefficient (Wildman–Crippen LogP) is 4.49. The van der Waals surface area contributed by atoms with E-state index in [0.29, 0.717) is 22.3 Å². The van der Waals surface area contributed by atoms with Gasteiger partial charge < -0.3 is 15.2 Å². The lowest BCUT2D eigenvalue weighted by molar-refractivity contribution is -0.115. The number of carbonyl (C=O) groups excluding carboxylic acids is 2. The summed E-state index contributed by atoms with van der Waals surface area (Å²) in [5.74, 6) is -0.697. The van der Waals surface area contributed by atoms with Gasteiger partial charge in [-0.15, -0.1) is 0 Å². The van der Waals surface area contributed by atoms with Crippen molar-refractivity contribution in [3.05, 3.63) is 76.5 Å². The van der Waals surface area contributed by atoms with Crippen LogP contribution in [0.3, 0.4) is 0 Å². The molecular weight excluding hydrogens is 404 g/mol. The number of amides is 2. The molecule has 162 valence electrons. The van der Waals surface area contributed by atoms with Crippen LogP contribution in [0.1, 0.15) is 32.7 Å². The number of nitrogens with zero attached hydrogens (tertiary/aromatic N) is 2. The highest BCUT2D eigenvalue weighted by Crippen LogP contribution is 2.27. The van der Waals surface area contributed by atoms with E-state index in [9.17, 15) is 9.59 Å². The van der Waals surface area contributed by atoms with Crippen molar-refractivity contribution in [3.8, 4) is 11.3 Å². The van der Waals surface area contributed by atoms with Crippen LogP contribution < -0.4 is 10.6 Å². The van der Waals surface area contributed by atoms with Gasteiger partial charge >= 0.3 is 0 Å². The van der Waals surface area contributed by atoms with Crippen molar-refractivity contribution in [1.82, 2.24) is 15.5 Å². The number of carbonyl (C=O) groups is 2. The molecule has 0 aliphatic rings. The zero-order valence-corrected chi connectivity index (χ0v) is 18.4. The number of hydrogen-bond donors (Lipinski definition) is 2. The van der Waals surface area contributed by atoms with Crippen LogP contribution in [0.4, 0.5) is 5.69 Å². The van der Waals surface area contributed by atoms with Crippen molar-refractivity contribution >= 4 is 28.6 Å². The van der Waals surface area contributed by atoms with Gasteiger partial charge in [0.2, 0.25) is 5.91 Å². The fourth-order valence-corrected chi connectivity index (χ4v) is 3.85. The van der Waals surface area contributed by atoms with Crippen molar-refractivity contribution in [2.45, 2.75) is 27.7 Å². The van der Waals surface area contributed by atoms with Gasteiger partial charge in [0.05, 0.1) is 28.9 Å². The number of aromatic nitrogens is 2. The topological polar surface area (TPSA) is 97.1 Å². The van der Waals surface area contributed by atoms with Crippen molar-refractivity contribution < 1.29 is 14.1 Å². The molecular formula is C25H24N4O3. The molecule has 4 rings (SSSR count). The van der Waals surface area contributed by atoms with Gasteiger partial charge in [-0.2, -0.15) is 0 Å². The minimum atomic E-state index is -0.395. The van der Waals surface area contributed by atoms with Crippen LogP contribution in [0.2, 0.25) is 0 Å². The Bertz CT molecular complexity index is 1300. The lowest BCUT2D eigenvalue weighted by Crippen LogP contribution is -2.33. The van der Waals surface area contributed by atoms with Crippen LogP contribution in [-0.2, 0) is 4.79 Å². The number of aryl methyl sites for hydroxylation is 4. The lowest BCUT2D eigenvalue weighted by atomic mass is 10.0. The summed E-state index contributed by atoms with van der Waals surface area (Å²) in [4.78, 5) is 30.1. The van der Waals surface area contributed by atoms with Crippen LogP contribution in [0.5, 0.6) is 0 Å². The van der Waals surface area contributed by atoms with Crippen molar-refractivity contribution in [1.29, 1.82) is 0 Å². The molecule has 0 fully saturated rings. The van der Waals surface area contributed by atoms with E-state index in [2.05, 4.69) is 20.8 Å². The third kappa shape index (κ3) is 4.23. The summed E-state index contributed by atoms with van der Waals surface area (Å²) in [6.45, 7) is 7.49. The summed E-state index contributed by atoms with van der Waals surface area (Å²) < 4.78 is 5.32. The van der Waals surface area contributed by atoms with Crippen LogP contribution in [0.15, 0.2) is 53.1 Å². The second-order valence-corrected chi connectivity index (χ2v) is 7.87. The van der Waals surface area contributed by atoms with Gasteiger partial charge in [0, 0.05) is 11.3 Å². The first-order valence-corrected chi connectivity index (χ1v) is 10.3. The molecule has 0 radical (unpaired) electrons. The molecule has 0 saturated heterocycles. The highest BCUT2D eigenvalue weighted by atomic mass is 16.5. The van der Waals surface area contributed by atoms with Crippen LogP contribution in [0.25, 0.3) is 22.4 Å². The first-order valence-electron chi connectivity index (χ1n) is 10.3. The number of pyridine rings is 1. The van der Waals surface area contributed by atoms with Gasteiger partial charge in [0.15, 0.2) is 0 Å². The third-order valence-electron chi connectivity index (χ3n) is 5.28. The fourth-order valence-electron chi connectivity index (χ4n) is 3.85. The van der Waals surface area contributed by atoms with Gasteiger partial charge in [0.1, 0.15) is 0 Å². The number of benzene rings is 2. The first kappa shape index (κ1) is 21.2. The molecule has 7 heteroatoms. The van der Waals surface area contributed by atoms with Gasteiger partial charge in [-0.3, -0.25) is 9.59 Å². The molecule has 2 amide bonds. The van der Waals surface area contributed by atoms with Crippen molar-refractivity contribution in [2.75, 3.05) is 11.9 Å². The molecule has 2 N–H and O–H groups in total. The predicted molar refractivity (Wildman–Crippen MR) is 124 cm³/mol.